The fourth-order valence-electron chi connectivity index (χ4n) is 1.77. The maximum absolute atomic E-state index is 5.77. The van der Waals surface area contributed by atoms with Crippen molar-refractivity contribution in [3.63, 3.8) is 0 Å². The Morgan fingerprint density at radius 2 is 2.17 bits per heavy atom. The summed E-state index contributed by atoms with van der Waals surface area (Å²) in [5.74, 6) is 1.74. The third kappa shape index (κ3) is 3.11. The quantitative estimate of drug-likeness (QED) is 0.848. The Hall–Kier alpha value is -1.81. The molecule has 96 valence electrons. The zero-order valence-electron chi connectivity index (χ0n) is 10.9. The number of H-pyrrole nitrogens is 1. The number of ether oxygens (including phenoxy) is 1. The Bertz CT molecular complexity index is 520. The summed E-state index contributed by atoms with van der Waals surface area (Å²) in [6.07, 6.45) is 2.63. The summed E-state index contributed by atoms with van der Waals surface area (Å²) in [6, 6.07) is 6.18. The van der Waals surface area contributed by atoms with E-state index in [0.717, 1.165) is 29.3 Å². The van der Waals surface area contributed by atoms with E-state index in [4.69, 9.17) is 10.5 Å². The molecule has 1 aromatic heterocycles. The Kier molecular flexibility index (Phi) is 3.99. The van der Waals surface area contributed by atoms with Gasteiger partial charge in [0, 0.05) is 18.3 Å². The van der Waals surface area contributed by atoms with Crippen LogP contribution in [0.1, 0.15) is 22.6 Å². The number of nitrogens with two attached hydrogens (primary N) is 1. The van der Waals surface area contributed by atoms with Gasteiger partial charge in [-0.3, -0.25) is 0 Å². The molecule has 0 amide bonds. The van der Waals surface area contributed by atoms with E-state index in [1.807, 2.05) is 19.2 Å². The maximum Gasteiger partial charge on any atom is 0.146 e. The van der Waals surface area contributed by atoms with E-state index in [-0.39, 0.29) is 0 Å². The van der Waals surface area contributed by atoms with E-state index in [1.54, 1.807) is 0 Å². The van der Waals surface area contributed by atoms with Crippen LogP contribution in [-0.2, 0) is 13.0 Å². The van der Waals surface area contributed by atoms with Crippen molar-refractivity contribution in [2.75, 3.05) is 6.54 Å². The number of nitrogens with zero attached hydrogens (tertiary/aromatic N) is 1. The fourth-order valence-corrected chi connectivity index (χ4v) is 1.77. The minimum Gasteiger partial charge on any atom is -0.485 e. The first kappa shape index (κ1) is 12.6. The Labute approximate surface area is 107 Å². The summed E-state index contributed by atoms with van der Waals surface area (Å²) in [7, 11) is 0. The second-order valence-corrected chi connectivity index (χ2v) is 4.45. The first-order valence-electron chi connectivity index (χ1n) is 6.12. The average molecular weight is 245 g/mol. The fraction of sp³-hybridized carbons (Fsp3) is 0.357. The Balaban J connectivity index is 1.99. The number of rotatable bonds is 5. The summed E-state index contributed by atoms with van der Waals surface area (Å²) in [5, 5.41) is 0. The maximum atomic E-state index is 5.77. The van der Waals surface area contributed by atoms with Gasteiger partial charge in [-0.2, -0.15) is 0 Å². The van der Waals surface area contributed by atoms with E-state index in [9.17, 15) is 0 Å². The summed E-state index contributed by atoms with van der Waals surface area (Å²) < 4.78 is 5.77. The Morgan fingerprint density at radius 1 is 1.33 bits per heavy atom. The molecule has 2 rings (SSSR count). The highest BCUT2D eigenvalue weighted by Gasteiger charge is 2.03. The number of hydrogen-bond donors (Lipinski definition) is 2. The van der Waals surface area contributed by atoms with Crippen LogP contribution in [0.2, 0.25) is 0 Å². The van der Waals surface area contributed by atoms with Gasteiger partial charge in [0.15, 0.2) is 0 Å². The largest absolute Gasteiger partial charge is 0.485 e. The number of aromatic amines is 1. The highest BCUT2D eigenvalue weighted by Crippen LogP contribution is 2.19. The van der Waals surface area contributed by atoms with Gasteiger partial charge in [0.05, 0.1) is 0 Å². The molecule has 2 aromatic rings. The van der Waals surface area contributed by atoms with E-state index in [2.05, 4.69) is 29.0 Å². The van der Waals surface area contributed by atoms with Crippen LogP contribution < -0.4 is 10.5 Å². The minimum atomic E-state index is 0.453. The van der Waals surface area contributed by atoms with E-state index in [1.165, 1.54) is 5.56 Å². The Morgan fingerprint density at radius 3 is 2.94 bits per heavy atom. The zero-order chi connectivity index (χ0) is 13.0. The number of nitrogens with one attached hydrogen (secondary N) is 1. The van der Waals surface area contributed by atoms with E-state index >= 15 is 0 Å². The first-order chi connectivity index (χ1) is 8.69. The van der Waals surface area contributed by atoms with Crippen molar-refractivity contribution in [2.45, 2.75) is 26.9 Å². The monoisotopic (exact) mass is 245 g/mol. The molecule has 18 heavy (non-hydrogen) atoms. The summed E-state index contributed by atoms with van der Waals surface area (Å²) in [6.45, 7) is 5.17. The molecule has 1 aromatic carbocycles. The highest BCUT2D eigenvalue weighted by atomic mass is 16.5. The van der Waals surface area contributed by atoms with Crippen LogP contribution >= 0.6 is 0 Å². The highest BCUT2D eigenvalue weighted by molar-refractivity contribution is 5.35. The van der Waals surface area contributed by atoms with Gasteiger partial charge in [0.2, 0.25) is 0 Å². The van der Waals surface area contributed by atoms with Gasteiger partial charge in [-0.15, -0.1) is 0 Å². The number of imidazole rings is 1. The molecule has 0 radical (unpaired) electrons. The van der Waals surface area contributed by atoms with Crippen molar-refractivity contribution in [2.24, 2.45) is 5.73 Å². The number of benzene rings is 1. The average Bonchev–Trinajstić information content (AvgIpc) is 2.79. The molecule has 4 nitrogen and oxygen atoms in total. The van der Waals surface area contributed by atoms with Gasteiger partial charge < -0.3 is 15.5 Å². The van der Waals surface area contributed by atoms with Gasteiger partial charge in [0.25, 0.3) is 0 Å². The molecule has 0 saturated heterocycles. The predicted octanol–water partition coefficient (Wildman–Crippen LogP) is 2.11. The number of hydrogen-bond acceptors (Lipinski definition) is 3. The molecule has 0 saturated carbocycles. The normalized spacial score (nSPS) is 10.6. The topological polar surface area (TPSA) is 63.9 Å². The lowest BCUT2D eigenvalue weighted by Gasteiger charge is -2.08. The van der Waals surface area contributed by atoms with Crippen molar-refractivity contribution >= 4 is 0 Å². The predicted molar refractivity (Wildman–Crippen MR) is 71.6 cm³/mol. The van der Waals surface area contributed by atoms with Gasteiger partial charge in [-0.25, -0.2) is 4.98 Å². The van der Waals surface area contributed by atoms with Crippen LogP contribution in [-0.4, -0.2) is 16.5 Å². The molecule has 0 spiro atoms. The van der Waals surface area contributed by atoms with E-state index in [0.29, 0.717) is 13.2 Å². The molecular weight excluding hydrogens is 226 g/mol. The summed E-state index contributed by atoms with van der Waals surface area (Å²) in [5.41, 5.74) is 8.87. The van der Waals surface area contributed by atoms with Crippen molar-refractivity contribution in [3.05, 3.63) is 47.0 Å². The zero-order valence-corrected chi connectivity index (χ0v) is 10.9. The standard InChI is InChI=1S/C14H19N3O/c1-10-3-4-11(2)13(7-10)18-9-14-16-8-12(17-14)5-6-15/h3-4,7-8H,5-6,9,15H2,1-2H3,(H,16,17). The van der Waals surface area contributed by atoms with Crippen LogP contribution in [0.3, 0.4) is 0 Å². The summed E-state index contributed by atoms with van der Waals surface area (Å²) in [4.78, 5) is 7.47. The molecule has 0 fully saturated rings. The smallest absolute Gasteiger partial charge is 0.146 e. The van der Waals surface area contributed by atoms with Crippen LogP contribution in [0.25, 0.3) is 0 Å². The van der Waals surface area contributed by atoms with E-state index < -0.39 is 0 Å². The second-order valence-electron chi connectivity index (χ2n) is 4.45. The van der Waals surface area contributed by atoms with Crippen molar-refractivity contribution < 1.29 is 4.74 Å². The minimum absolute atomic E-state index is 0.453. The second kappa shape index (κ2) is 5.69. The molecule has 0 bridgehead atoms. The molecule has 0 atom stereocenters. The first-order valence-corrected chi connectivity index (χ1v) is 6.12. The molecule has 0 aliphatic carbocycles. The van der Waals surface area contributed by atoms with Gasteiger partial charge >= 0.3 is 0 Å². The third-order valence-electron chi connectivity index (χ3n) is 2.80. The molecule has 1 heterocycles. The van der Waals surface area contributed by atoms with Crippen LogP contribution in [0.5, 0.6) is 5.75 Å². The van der Waals surface area contributed by atoms with Gasteiger partial charge in [0.1, 0.15) is 18.2 Å². The SMILES string of the molecule is Cc1ccc(C)c(OCc2ncc(CCN)[nH]2)c1. The lowest BCUT2D eigenvalue weighted by atomic mass is 10.1. The molecular formula is C14H19N3O. The van der Waals surface area contributed by atoms with Crippen LogP contribution in [0.4, 0.5) is 0 Å². The number of aromatic nitrogens is 2. The molecule has 3 N–H and O–H groups in total. The van der Waals surface area contributed by atoms with Crippen molar-refractivity contribution in [1.82, 2.24) is 9.97 Å². The lowest BCUT2D eigenvalue weighted by Crippen LogP contribution is -2.03. The third-order valence-corrected chi connectivity index (χ3v) is 2.80. The van der Waals surface area contributed by atoms with Gasteiger partial charge in [-0.1, -0.05) is 12.1 Å². The van der Waals surface area contributed by atoms with Gasteiger partial charge in [-0.05, 0) is 37.6 Å². The van der Waals surface area contributed by atoms with Crippen LogP contribution in [0.15, 0.2) is 24.4 Å². The summed E-state index contributed by atoms with van der Waals surface area (Å²) >= 11 is 0. The van der Waals surface area contributed by atoms with Crippen LogP contribution in [0, 0.1) is 13.8 Å². The molecule has 0 aliphatic heterocycles. The molecule has 0 unspecified atom stereocenters. The lowest BCUT2D eigenvalue weighted by molar-refractivity contribution is 0.294. The number of aryl methyl sites for hydroxylation is 2. The van der Waals surface area contributed by atoms with Crippen molar-refractivity contribution in [1.29, 1.82) is 0 Å². The molecule has 4 heteroatoms. The molecule has 0 aliphatic rings. The van der Waals surface area contributed by atoms with Crippen molar-refractivity contribution in [3.8, 4) is 5.75 Å².